The number of rotatable bonds is 5. The molecule has 1 fully saturated rings. The zero-order valence-electron chi connectivity index (χ0n) is 8.19. The summed E-state index contributed by atoms with van der Waals surface area (Å²) in [6.07, 6.45) is 5.95. The highest BCUT2D eigenvalue weighted by atomic mass is 16.4. The van der Waals surface area contributed by atoms with Crippen molar-refractivity contribution in [2.75, 3.05) is 0 Å². The van der Waals surface area contributed by atoms with Crippen molar-refractivity contribution in [1.82, 2.24) is 5.32 Å². The van der Waals surface area contributed by atoms with Crippen molar-refractivity contribution < 1.29 is 14.7 Å². The summed E-state index contributed by atoms with van der Waals surface area (Å²) in [5.41, 5.74) is 0. The van der Waals surface area contributed by atoms with Crippen LogP contribution in [-0.4, -0.2) is 23.0 Å². The van der Waals surface area contributed by atoms with E-state index in [1.807, 2.05) is 6.08 Å². The molecule has 1 rings (SSSR count). The fourth-order valence-electron chi connectivity index (χ4n) is 1.07. The lowest BCUT2D eigenvalue weighted by Crippen LogP contribution is -2.39. The van der Waals surface area contributed by atoms with E-state index in [9.17, 15) is 9.59 Å². The second-order valence-corrected chi connectivity index (χ2v) is 3.50. The van der Waals surface area contributed by atoms with Gasteiger partial charge in [-0.05, 0) is 31.3 Å². The number of hydrogen-bond acceptors (Lipinski definition) is 2. The number of aliphatic carboxylic acids is 1. The molecule has 0 spiro atoms. The smallest absolute Gasteiger partial charge is 0.326 e. The third-order valence-electron chi connectivity index (χ3n) is 2.16. The van der Waals surface area contributed by atoms with Crippen LogP contribution >= 0.6 is 0 Å². The molecule has 0 aromatic carbocycles. The van der Waals surface area contributed by atoms with Gasteiger partial charge in [0.2, 0.25) is 5.91 Å². The molecule has 4 nitrogen and oxygen atoms in total. The van der Waals surface area contributed by atoms with Crippen molar-refractivity contribution in [2.24, 2.45) is 5.92 Å². The Kier molecular flexibility index (Phi) is 3.68. The first kappa shape index (κ1) is 10.8. The maximum absolute atomic E-state index is 11.2. The molecule has 1 aliphatic rings. The molecular weight excluding hydrogens is 182 g/mol. The van der Waals surface area contributed by atoms with E-state index in [1.165, 1.54) is 6.08 Å². The molecule has 0 radical (unpaired) electrons. The lowest BCUT2D eigenvalue weighted by atomic mass is 10.2. The number of carboxylic acids is 1. The summed E-state index contributed by atoms with van der Waals surface area (Å²) in [7, 11) is 0. The van der Waals surface area contributed by atoms with E-state index in [1.54, 1.807) is 6.92 Å². The summed E-state index contributed by atoms with van der Waals surface area (Å²) < 4.78 is 0. The topological polar surface area (TPSA) is 66.4 Å². The largest absolute Gasteiger partial charge is 0.480 e. The minimum Gasteiger partial charge on any atom is -0.480 e. The second kappa shape index (κ2) is 4.79. The van der Waals surface area contributed by atoms with Crippen LogP contribution in [0.15, 0.2) is 12.2 Å². The third kappa shape index (κ3) is 3.60. The maximum Gasteiger partial charge on any atom is 0.326 e. The van der Waals surface area contributed by atoms with Crippen molar-refractivity contribution in [1.29, 1.82) is 0 Å². The van der Waals surface area contributed by atoms with Gasteiger partial charge in [0, 0.05) is 0 Å². The van der Waals surface area contributed by atoms with E-state index in [0.717, 1.165) is 12.8 Å². The summed E-state index contributed by atoms with van der Waals surface area (Å²) in [4.78, 5) is 21.8. The number of allylic oxidation sites excluding steroid dienone is 1. The molecular formula is C10H15NO3. The summed E-state index contributed by atoms with van der Waals surface area (Å²) >= 11 is 0. The van der Waals surface area contributed by atoms with Crippen molar-refractivity contribution in [3.8, 4) is 0 Å². The Morgan fingerprint density at radius 1 is 1.57 bits per heavy atom. The summed E-state index contributed by atoms with van der Waals surface area (Å²) in [6.45, 7) is 1.73. The molecule has 0 heterocycles. The molecule has 1 amide bonds. The Balaban J connectivity index is 2.33. The molecule has 4 heteroatoms. The van der Waals surface area contributed by atoms with E-state index >= 15 is 0 Å². The average molecular weight is 197 g/mol. The predicted octanol–water partition coefficient (Wildman–Crippen LogP) is 0.932. The second-order valence-electron chi connectivity index (χ2n) is 3.50. The summed E-state index contributed by atoms with van der Waals surface area (Å²) in [5.74, 6) is -0.766. The van der Waals surface area contributed by atoms with Crippen LogP contribution in [0.25, 0.3) is 0 Å². The van der Waals surface area contributed by atoms with Gasteiger partial charge in [0.15, 0.2) is 0 Å². The van der Waals surface area contributed by atoms with Gasteiger partial charge in [0.25, 0.3) is 0 Å². The SMILES string of the molecule is CCC(NC(=O)/C=C/C1CC1)C(=O)O. The molecule has 0 aromatic heterocycles. The van der Waals surface area contributed by atoms with Gasteiger partial charge in [-0.3, -0.25) is 4.79 Å². The number of hydrogen-bond donors (Lipinski definition) is 2. The molecule has 1 saturated carbocycles. The lowest BCUT2D eigenvalue weighted by Gasteiger charge is -2.09. The number of carbonyl (C=O) groups is 2. The van der Waals surface area contributed by atoms with E-state index in [4.69, 9.17) is 5.11 Å². The number of carboxylic acid groups (broad SMARTS) is 1. The van der Waals surface area contributed by atoms with Crippen LogP contribution in [0, 0.1) is 5.92 Å². The molecule has 0 aromatic rings. The highest BCUT2D eigenvalue weighted by Gasteiger charge is 2.19. The first-order chi connectivity index (χ1) is 6.63. The van der Waals surface area contributed by atoms with E-state index in [-0.39, 0.29) is 5.91 Å². The molecule has 0 saturated heterocycles. The lowest BCUT2D eigenvalue weighted by molar-refractivity contribution is -0.141. The highest BCUT2D eigenvalue weighted by Crippen LogP contribution is 2.29. The third-order valence-corrected chi connectivity index (χ3v) is 2.16. The number of amides is 1. The quantitative estimate of drug-likeness (QED) is 0.644. The molecule has 0 aliphatic heterocycles. The highest BCUT2D eigenvalue weighted by molar-refractivity contribution is 5.91. The van der Waals surface area contributed by atoms with Crippen LogP contribution in [0.5, 0.6) is 0 Å². The van der Waals surface area contributed by atoms with Gasteiger partial charge in [-0.2, -0.15) is 0 Å². The fraction of sp³-hybridized carbons (Fsp3) is 0.600. The van der Waals surface area contributed by atoms with Gasteiger partial charge < -0.3 is 10.4 Å². The van der Waals surface area contributed by atoms with Crippen molar-refractivity contribution in [3.05, 3.63) is 12.2 Å². The van der Waals surface area contributed by atoms with Crippen molar-refractivity contribution in [3.63, 3.8) is 0 Å². The van der Waals surface area contributed by atoms with Crippen molar-refractivity contribution in [2.45, 2.75) is 32.2 Å². The molecule has 0 bridgehead atoms. The van der Waals surface area contributed by atoms with Gasteiger partial charge >= 0.3 is 5.97 Å². The molecule has 1 aliphatic carbocycles. The number of nitrogens with one attached hydrogen (secondary N) is 1. The number of carbonyl (C=O) groups excluding carboxylic acids is 1. The Bertz CT molecular complexity index is 256. The minimum atomic E-state index is -0.985. The molecule has 2 N–H and O–H groups in total. The normalized spacial score (nSPS) is 18.1. The Hall–Kier alpha value is -1.32. The Labute approximate surface area is 83.0 Å². The monoisotopic (exact) mass is 197 g/mol. The first-order valence-corrected chi connectivity index (χ1v) is 4.85. The van der Waals surface area contributed by atoms with Crippen LogP contribution in [0.1, 0.15) is 26.2 Å². The average Bonchev–Trinajstić information content (AvgIpc) is 2.93. The Morgan fingerprint density at radius 3 is 2.64 bits per heavy atom. The fourth-order valence-corrected chi connectivity index (χ4v) is 1.07. The van der Waals surface area contributed by atoms with E-state index < -0.39 is 12.0 Å². The predicted molar refractivity (Wildman–Crippen MR) is 51.7 cm³/mol. The van der Waals surface area contributed by atoms with Crippen LogP contribution in [0.3, 0.4) is 0 Å². The minimum absolute atomic E-state index is 0.314. The molecule has 78 valence electrons. The van der Waals surface area contributed by atoms with Gasteiger partial charge in [-0.25, -0.2) is 4.79 Å². The summed E-state index contributed by atoms with van der Waals surface area (Å²) in [6, 6.07) is -0.772. The molecule has 14 heavy (non-hydrogen) atoms. The zero-order valence-corrected chi connectivity index (χ0v) is 8.19. The van der Waals surface area contributed by atoms with Crippen LogP contribution in [-0.2, 0) is 9.59 Å². The Morgan fingerprint density at radius 2 is 2.21 bits per heavy atom. The van der Waals surface area contributed by atoms with Crippen LogP contribution in [0.4, 0.5) is 0 Å². The standard InChI is InChI=1S/C10H15NO3/c1-2-8(10(13)14)11-9(12)6-5-7-3-4-7/h5-8H,2-4H2,1H3,(H,11,12)(H,13,14)/b6-5+. The van der Waals surface area contributed by atoms with Gasteiger partial charge in [-0.1, -0.05) is 13.0 Å². The van der Waals surface area contributed by atoms with Crippen LogP contribution < -0.4 is 5.32 Å². The molecule has 1 unspecified atom stereocenters. The van der Waals surface area contributed by atoms with Gasteiger partial charge in [0.1, 0.15) is 6.04 Å². The van der Waals surface area contributed by atoms with Gasteiger partial charge in [0.05, 0.1) is 0 Å². The van der Waals surface area contributed by atoms with E-state index in [2.05, 4.69) is 5.32 Å². The van der Waals surface area contributed by atoms with Crippen molar-refractivity contribution >= 4 is 11.9 Å². The first-order valence-electron chi connectivity index (χ1n) is 4.85. The van der Waals surface area contributed by atoms with Crippen LogP contribution in [0.2, 0.25) is 0 Å². The maximum atomic E-state index is 11.2. The summed E-state index contributed by atoms with van der Waals surface area (Å²) in [5, 5.41) is 11.1. The zero-order chi connectivity index (χ0) is 10.6. The molecule has 1 atom stereocenters. The van der Waals surface area contributed by atoms with E-state index in [0.29, 0.717) is 12.3 Å². The van der Waals surface area contributed by atoms with Gasteiger partial charge in [-0.15, -0.1) is 0 Å².